The maximum atomic E-state index is 13.7. The molecule has 0 aliphatic rings. The minimum atomic E-state index is -0.870. The number of aromatic nitrogens is 2. The second kappa shape index (κ2) is 9.15. The van der Waals surface area contributed by atoms with Gasteiger partial charge < -0.3 is 14.7 Å². The summed E-state index contributed by atoms with van der Waals surface area (Å²) in [6.45, 7) is 4.37. The minimum absolute atomic E-state index is 0.0711. The Morgan fingerprint density at radius 1 is 1.09 bits per heavy atom. The maximum absolute atomic E-state index is 13.7. The average Bonchev–Trinajstić information content (AvgIpc) is 3.47. The van der Waals surface area contributed by atoms with Gasteiger partial charge >= 0.3 is 0 Å². The van der Waals surface area contributed by atoms with Crippen LogP contribution in [0.25, 0.3) is 21.9 Å². The van der Waals surface area contributed by atoms with Gasteiger partial charge in [-0.3, -0.25) is 15.1 Å². The normalized spacial score (nSPS) is 14.2. The molecule has 0 radical (unpaired) electrons. The summed E-state index contributed by atoms with van der Waals surface area (Å²) < 4.78 is 5.99. The Bertz CT molecular complexity index is 1390. The van der Waals surface area contributed by atoms with Gasteiger partial charge in [0.2, 0.25) is 5.91 Å². The Balaban J connectivity index is 1.41. The lowest BCUT2D eigenvalue weighted by Crippen LogP contribution is -2.56. The van der Waals surface area contributed by atoms with E-state index in [1.807, 2.05) is 80.7 Å². The molecule has 5 aromatic rings. The number of benzene rings is 2. The first-order chi connectivity index (χ1) is 16.5. The summed E-state index contributed by atoms with van der Waals surface area (Å²) in [6, 6.07) is 21.8. The van der Waals surface area contributed by atoms with Gasteiger partial charge in [0.1, 0.15) is 11.3 Å². The smallest absolute Gasteiger partial charge is 0.240 e. The Labute approximate surface area is 198 Å². The van der Waals surface area contributed by atoms with Crippen LogP contribution in [-0.2, 0) is 17.8 Å². The fraction of sp³-hybridized carbons (Fsp3) is 0.214. The molecule has 0 aliphatic heterocycles. The van der Waals surface area contributed by atoms with E-state index >= 15 is 0 Å². The molecule has 3 N–H and O–H groups in total. The summed E-state index contributed by atoms with van der Waals surface area (Å²) in [7, 11) is 0. The van der Waals surface area contributed by atoms with Crippen LogP contribution in [0.5, 0.6) is 0 Å². The molecule has 2 aromatic carbocycles. The molecule has 0 spiro atoms. The number of para-hydroxylation sites is 2. The van der Waals surface area contributed by atoms with Crippen molar-refractivity contribution in [3.63, 3.8) is 0 Å². The van der Waals surface area contributed by atoms with E-state index in [2.05, 4.69) is 26.7 Å². The van der Waals surface area contributed by atoms with Crippen LogP contribution in [0.2, 0.25) is 0 Å². The highest BCUT2D eigenvalue weighted by molar-refractivity contribution is 5.89. The van der Waals surface area contributed by atoms with Crippen LogP contribution >= 0.6 is 0 Å². The van der Waals surface area contributed by atoms with Crippen molar-refractivity contribution >= 4 is 27.8 Å². The highest BCUT2D eigenvalue weighted by Crippen LogP contribution is 2.25. The topological polar surface area (TPSA) is 83.0 Å². The van der Waals surface area contributed by atoms with E-state index in [4.69, 9.17) is 4.42 Å². The van der Waals surface area contributed by atoms with Gasteiger partial charge in [-0.1, -0.05) is 36.4 Å². The lowest BCUT2D eigenvalue weighted by atomic mass is 9.90. The number of rotatable bonds is 8. The molecule has 3 aromatic heterocycles. The lowest BCUT2D eigenvalue weighted by molar-refractivity contribution is -0.127. The van der Waals surface area contributed by atoms with Gasteiger partial charge in [0.05, 0.1) is 18.1 Å². The first kappa shape index (κ1) is 21.9. The van der Waals surface area contributed by atoms with E-state index in [1.165, 1.54) is 0 Å². The predicted octanol–water partition coefficient (Wildman–Crippen LogP) is 5.28. The second-order valence-electron chi connectivity index (χ2n) is 8.95. The van der Waals surface area contributed by atoms with Crippen LogP contribution < -0.4 is 10.6 Å². The molecular formula is C28H28N4O2. The van der Waals surface area contributed by atoms with E-state index < -0.39 is 5.54 Å². The van der Waals surface area contributed by atoms with E-state index in [1.54, 1.807) is 12.4 Å². The molecule has 3 heterocycles. The van der Waals surface area contributed by atoms with E-state index in [0.29, 0.717) is 13.0 Å². The van der Waals surface area contributed by atoms with Crippen LogP contribution in [0.4, 0.5) is 0 Å². The Hall–Kier alpha value is -3.90. The Morgan fingerprint density at radius 3 is 2.68 bits per heavy atom. The molecule has 34 heavy (non-hydrogen) atoms. The molecule has 1 amide bonds. The summed E-state index contributed by atoms with van der Waals surface area (Å²) in [5, 5.41) is 8.86. The largest absolute Gasteiger partial charge is 0.460 e. The number of hydrogen-bond donors (Lipinski definition) is 3. The fourth-order valence-corrected chi connectivity index (χ4v) is 4.38. The number of nitrogens with one attached hydrogen (secondary N) is 3. The summed E-state index contributed by atoms with van der Waals surface area (Å²) in [5.74, 6) is 0.722. The zero-order chi connectivity index (χ0) is 23.5. The van der Waals surface area contributed by atoms with Crippen LogP contribution in [0.1, 0.15) is 36.8 Å². The van der Waals surface area contributed by atoms with Gasteiger partial charge in [-0.2, -0.15) is 0 Å². The van der Waals surface area contributed by atoms with Gasteiger partial charge in [-0.15, -0.1) is 0 Å². The van der Waals surface area contributed by atoms with Crippen molar-refractivity contribution < 1.29 is 9.21 Å². The molecule has 0 saturated heterocycles. The lowest BCUT2D eigenvalue weighted by Gasteiger charge is -2.31. The number of furan rings is 1. The maximum Gasteiger partial charge on any atom is 0.240 e. The molecule has 0 fully saturated rings. The third-order valence-corrected chi connectivity index (χ3v) is 6.40. The molecule has 5 rings (SSSR count). The quantitative estimate of drug-likeness (QED) is 0.299. The number of carbonyl (C=O) groups is 1. The number of hydrogen-bond acceptors (Lipinski definition) is 4. The SMILES string of the molecule is CC(NC(=O)[C@@](C)(Cc1c[nH]c2ccccc12)NCc1cc2ccccc2o1)c1ccncc1. The molecular weight excluding hydrogens is 424 g/mol. The monoisotopic (exact) mass is 452 g/mol. The summed E-state index contributed by atoms with van der Waals surface area (Å²) in [4.78, 5) is 21.1. The first-order valence-electron chi connectivity index (χ1n) is 11.5. The van der Waals surface area contributed by atoms with Crippen molar-refractivity contribution in [2.45, 2.75) is 38.4 Å². The van der Waals surface area contributed by atoms with Crippen molar-refractivity contribution in [2.75, 3.05) is 0 Å². The highest BCUT2D eigenvalue weighted by atomic mass is 16.3. The highest BCUT2D eigenvalue weighted by Gasteiger charge is 2.35. The average molecular weight is 453 g/mol. The summed E-state index contributed by atoms with van der Waals surface area (Å²) in [6.07, 6.45) is 5.99. The standard InChI is InChI=1S/C28H28N4O2/c1-19(20-11-13-29-14-12-20)32-27(33)28(2,16-22-17-30-25-9-5-4-8-24(22)25)31-18-23-15-21-7-3-6-10-26(21)34-23/h3-15,17,19,30-31H,16,18H2,1-2H3,(H,32,33)/t19?,28-/m1/s1. The second-order valence-corrected chi connectivity index (χ2v) is 8.95. The van der Waals surface area contributed by atoms with Crippen molar-refractivity contribution in [3.8, 4) is 0 Å². The van der Waals surface area contributed by atoms with Crippen LogP contribution in [0.15, 0.2) is 89.7 Å². The molecule has 0 bridgehead atoms. The number of aromatic amines is 1. The number of amides is 1. The van der Waals surface area contributed by atoms with E-state index in [-0.39, 0.29) is 11.9 Å². The minimum Gasteiger partial charge on any atom is -0.460 e. The first-order valence-corrected chi connectivity index (χ1v) is 11.5. The molecule has 1 unspecified atom stereocenters. The Kier molecular flexibility index (Phi) is 5.90. The van der Waals surface area contributed by atoms with Crippen LogP contribution in [0.3, 0.4) is 0 Å². The Morgan fingerprint density at radius 2 is 1.85 bits per heavy atom. The summed E-state index contributed by atoms with van der Waals surface area (Å²) in [5.41, 5.74) is 3.12. The molecule has 0 aliphatic carbocycles. The van der Waals surface area contributed by atoms with Crippen molar-refractivity contribution in [1.82, 2.24) is 20.6 Å². The molecule has 6 heteroatoms. The number of H-pyrrole nitrogens is 1. The summed E-state index contributed by atoms with van der Waals surface area (Å²) >= 11 is 0. The third-order valence-electron chi connectivity index (χ3n) is 6.40. The van der Waals surface area contributed by atoms with E-state index in [9.17, 15) is 4.79 Å². The van der Waals surface area contributed by atoms with Gasteiger partial charge in [0, 0.05) is 41.3 Å². The van der Waals surface area contributed by atoms with Crippen LogP contribution in [-0.4, -0.2) is 21.4 Å². The molecule has 172 valence electrons. The predicted molar refractivity (Wildman–Crippen MR) is 134 cm³/mol. The number of carbonyl (C=O) groups excluding carboxylic acids is 1. The zero-order valence-corrected chi connectivity index (χ0v) is 19.3. The number of pyridine rings is 1. The molecule has 0 saturated carbocycles. The molecule has 2 atom stereocenters. The van der Waals surface area contributed by atoms with Gasteiger partial charge in [0.25, 0.3) is 0 Å². The van der Waals surface area contributed by atoms with Gasteiger partial charge in [-0.05, 0) is 55.3 Å². The fourth-order valence-electron chi connectivity index (χ4n) is 4.38. The number of nitrogens with zero attached hydrogens (tertiary/aromatic N) is 1. The van der Waals surface area contributed by atoms with Crippen molar-refractivity contribution in [1.29, 1.82) is 0 Å². The third kappa shape index (κ3) is 4.45. The number of fused-ring (bicyclic) bond motifs is 2. The molecule has 6 nitrogen and oxygen atoms in total. The van der Waals surface area contributed by atoms with Crippen molar-refractivity contribution in [2.24, 2.45) is 0 Å². The van der Waals surface area contributed by atoms with Gasteiger partial charge in [-0.25, -0.2) is 0 Å². The van der Waals surface area contributed by atoms with Crippen molar-refractivity contribution in [3.05, 3.63) is 102 Å². The van der Waals surface area contributed by atoms with E-state index in [0.717, 1.165) is 38.8 Å². The van der Waals surface area contributed by atoms with Gasteiger partial charge in [0.15, 0.2) is 0 Å². The zero-order valence-electron chi connectivity index (χ0n) is 19.3. The van der Waals surface area contributed by atoms with Crippen LogP contribution in [0, 0.1) is 0 Å².